The van der Waals surface area contributed by atoms with Crippen LogP contribution in [0.5, 0.6) is 5.75 Å². The maximum Gasteiger partial charge on any atom is 0.269 e. The molecule has 0 atom stereocenters. The summed E-state index contributed by atoms with van der Waals surface area (Å²) in [4.78, 5) is 9.91. The summed E-state index contributed by atoms with van der Waals surface area (Å²) < 4.78 is 58.0. The van der Waals surface area contributed by atoms with Crippen LogP contribution >= 0.6 is 0 Å². The monoisotopic (exact) mass is 427 g/mol. The number of nitrogens with one attached hydrogen (secondary N) is 1. The molecule has 1 fully saturated rings. The lowest BCUT2D eigenvalue weighted by atomic mass is 10.2. The molecule has 0 aliphatic carbocycles. The largest absolute Gasteiger partial charge is 0.494 e. The van der Waals surface area contributed by atoms with E-state index < -0.39 is 25.0 Å². The van der Waals surface area contributed by atoms with Crippen molar-refractivity contribution in [2.45, 2.75) is 11.3 Å². The van der Waals surface area contributed by atoms with Crippen LogP contribution in [0.2, 0.25) is 0 Å². The Hall–Kier alpha value is -2.86. The summed E-state index contributed by atoms with van der Waals surface area (Å²) in [6.45, 7) is 0.347. The molecule has 10 nitrogen and oxygen atoms in total. The van der Waals surface area contributed by atoms with E-state index in [1.807, 2.05) is 0 Å². The Labute approximate surface area is 162 Å². The molecule has 1 aliphatic heterocycles. The van der Waals surface area contributed by atoms with Crippen molar-refractivity contribution in [2.75, 3.05) is 28.4 Å². The first-order valence-corrected chi connectivity index (χ1v) is 11.2. The predicted octanol–water partition coefficient (Wildman–Crippen LogP) is 1.94. The minimum Gasteiger partial charge on any atom is -0.494 e. The Morgan fingerprint density at radius 1 is 1.18 bits per heavy atom. The summed E-state index contributed by atoms with van der Waals surface area (Å²) in [5.74, 6) is 0.203. The second-order valence-corrected chi connectivity index (χ2v) is 9.68. The molecule has 2 aromatic rings. The number of hydrogen-bond donors (Lipinski definition) is 1. The molecule has 1 saturated heterocycles. The fourth-order valence-electron chi connectivity index (χ4n) is 2.80. The van der Waals surface area contributed by atoms with Crippen LogP contribution in [-0.4, -0.2) is 41.2 Å². The fraction of sp³-hybridized carbons (Fsp3) is 0.250. The highest BCUT2D eigenvalue weighted by atomic mass is 32.2. The molecule has 3 rings (SSSR count). The van der Waals surface area contributed by atoms with Gasteiger partial charge in [0.25, 0.3) is 15.7 Å². The summed E-state index contributed by atoms with van der Waals surface area (Å²) in [7, 11) is -6.08. The molecule has 1 N–H and O–H groups in total. The normalized spacial score (nSPS) is 16.0. The molecule has 0 bridgehead atoms. The van der Waals surface area contributed by atoms with Crippen LogP contribution in [0.15, 0.2) is 47.4 Å². The first kappa shape index (κ1) is 19.9. The number of hydrogen-bond acceptors (Lipinski definition) is 7. The minimum absolute atomic E-state index is 0.0594. The molecule has 0 saturated carbocycles. The van der Waals surface area contributed by atoms with Crippen molar-refractivity contribution in [3.8, 4) is 5.75 Å². The SMILES string of the molecule is COc1cc(N2CCCS2(=O)=O)ccc1NS(=O)(=O)c1ccc([N+](=O)[O-])cc1. The van der Waals surface area contributed by atoms with Gasteiger partial charge in [-0.05, 0) is 30.7 Å². The molecule has 0 spiro atoms. The van der Waals surface area contributed by atoms with Gasteiger partial charge in [-0.2, -0.15) is 0 Å². The number of nitrogens with zero attached hydrogens (tertiary/aromatic N) is 2. The average Bonchev–Trinajstić information content (AvgIpc) is 3.01. The number of methoxy groups -OCH3 is 1. The zero-order valence-corrected chi connectivity index (χ0v) is 16.4. The van der Waals surface area contributed by atoms with Crippen molar-refractivity contribution in [1.82, 2.24) is 0 Å². The van der Waals surface area contributed by atoms with Crippen LogP contribution in [0.1, 0.15) is 6.42 Å². The highest BCUT2D eigenvalue weighted by molar-refractivity contribution is 7.93. The van der Waals surface area contributed by atoms with Gasteiger partial charge >= 0.3 is 0 Å². The average molecular weight is 427 g/mol. The van der Waals surface area contributed by atoms with Gasteiger partial charge in [-0.1, -0.05) is 0 Å². The summed E-state index contributed by atoms with van der Waals surface area (Å²) in [5.41, 5.74) is 0.265. The molecule has 2 aromatic carbocycles. The highest BCUT2D eigenvalue weighted by Gasteiger charge is 2.29. The summed E-state index contributed by atoms with van der Waals surface area (Å²) >= 11 is 0. The number of sulfonamides is 2. The lowest BCUT2D eigenvalue weighted by Gasteiger charge is -2.19. The number of nitro benzene ring substituents is 1. The lowest BCUT2D eigenvalue weighted by molar-refractivity contribution is -0.384. The topological polar surface area (TPSA) is 136 Å². The Morgan fingerprint density at radius 2 is 1.86 bits per heavy atom. The summed E-state index contributed by atoms with van der Waals surface area (Å²) in [5, 5.41) is 10.7. The molecule has 12 heteroatoms. The fourth-order valence-corrected chi connectivity index (χ4v) is 5.43. The van der Waals surface area contributed by atoms with Crippen LogP contribution in [0.25, 0.3) is 0 Å². The third-order valence-electron chi connectivity index (χ3n) is 4.17. The molecule has 150 valence electrons. The van der Waals surface area contributed by atoms with E-state index in [0.717, 1.165) is 24.3 Å². The third kappa shape index (κ3) is 3.87. The van der Waals surface area contributed by atoms with Gasteiger partial charge in [-0.25, -0.2) is 16.8 Å². The summed E-state index contributed by atoms with van der Waals surface area (Å²) in [6.07, 6.45) is 0.513. The van der Waals surface area contributed by atoms with Gasteiger partial charge in [0.2, 0.25) is 10.0 Å². The van der Waals surface area contributed by atoms with Gasteiger partial charge in [0.15, 0.2) is 0 Å². The first-order chi connectivity index (χ1) is 13.1. The number of benzene rings is 2. The van der Waals surface area contributed by atoms with Gasteiger partial charge < -0.3 is 4.74 Å². The van der Waals surface area contributed by atoms with Gasteiger partial charge in [0.05, 0.1) is 34.1 Å². The van der Waals surface area contributed by atoms with E-state index in [1.54, 1.807) is 0 Å². The van der Waals surface area contributed by atoms with Crippen LogP contribution < -0.4 is 13.8 Å². The van der Waals surface area contributed by atoms with Gasteiger partial charge in [-0.3, -0.25) is 19.1 Å². The number of nitro groups is 1. The van der Waals surface area contributed by atoms with Crippen molar-refractivity contribution in [3.05, 3.63) is 52.6 Å². The smallest absolute Gasteiger partial charge is 0.269 e. The molecular formula is C16H17N3O7S2. The third-order valence-corrected chi connectivity index (χ3v) is 7.43. The standard InChI is InChI=1S/C16H17N3O7S2/c1-26-16-11-13(18-9-2-10-27(18,22)23)5-8-15(16)17-28(24,25)14-6-3-12(4-7-14)19(20)21/h3-8,11,17H,2,9-10H2,1H3. The second-order valence-electron chi connectivity index (χ2n) is 5.98. The van der Waals surface area contributed by atoms with Crippen LogP contribution in [0.3, 0.4) is 0 Å². The molecule has 1 aliphatic rings. The minimum atomic E-state index is -4.03. The number of anilines is 2. The Morgan fingerprint density at radius 3 is 2.39 bits per heavy atom. The zero-order chi connectivity index (χ0) is 20.5. The Bertz CT molecular complexity index is 1110. The van der Waals surface area contributed by atoms with Crippen molar-refractivity contribution in [3.63, 3.8) is 0 Å². The Kier molecular flexibility index (Phi) is 5.17. The van der Waals surface area contributed by atoms with Gasteiger partial charge in [0.1, 0.15) is 5.75 Å². The van der Waals surface area contributed by atoms with Crippen molar-refractivity contribution < 1.29 is 26.5 Å². The highest BCUT2D eigenvalue weighted by Crippen LogP contribution is 2.34. The van der Waals surface area contributed by atoms with Gasteiger partial charge in [0, 0.05) is 24.7 Å². The van der Waals surface area contributed by atoms with E-state index >= 15 is 0 Å². The molecule has 1 heterocycles. The molecule has 0 aromatic heterocycles. The van der Waals surface area contributed by atoms with E-state index in [4.69, 9.17) is 4.74 Å². The molecule has 0 amide bonds. The molecular weight excluding hydrogens is 410 g/mol. The van der Waals surface area contributed by atoms with E-state index in [2.05, 4.69) is 4.72 Å². The molecule has 0 unspecified atom stereocenters. The van der Waals surface area contributed by atoms with Crippen LogP contribution in [0, 0.1) is 10.1 Å². The van der Waals surface area contributed by atoms with E-state index in [1.165, 1.54) is 29.6 Å². The quantitative estimate of drug-likeness (QED) is 0.549. The second kappa shape index (κ2) is 7.28. The lowest BCUT2D eigenvalue weighted by Crippen LogP contribution is -2.25. The van der Waals surface area contributed by atoms with E-state index in [9.17, 15) is 26.9 Å². The molecule has 0 radical (unpaired) electrons. The first-order valence-electron chi connectivity index (χ1n) is 8.10. The Balaban J connectivity index is 1.90. The number of rotatable bonds is 6. The van der Waals surface area contributed by atoms with Crippen molar-refractivity contribution in [2.24, 2.45) is 0 Å². The number of non-ortho nitro benzene ring substituents is 1. The van der Waals surface area contributed by atoms with Crippen molar-refractivity contribution in [1.29, 1.82) is 0 Å². The van der Waals surface area contributed by atoms with Gasteiger partial charge in [-0.15, -0.1) is 0 Å². The van der Waals surface area contributed by atoms with Crippen molar-refractivity contribution >= 4 is 37.1 Å². The maximum atomic E-state index is 12.6. The van der Waals surface area contributed by atoms with Crippen LogP contribution in [0.4, 0.5) is 17.1 Å². The summed E-state index contributed by atoms with van der Waals surface area (Å²) in [6, 6.07) is 8.76. The zero-order valence-electron chi connectivity index (χ0n) is 14.7. The van der Waals surface area contributed by atoms with Crippen LogP contribution in [-0.2, 0) is 20.0 Å². The van der Waals surface area contributed by atoms with E-state index in [-0.39, 0.29) is 27.8 Å². The number of ether oxygens (including phenoxy) is 1. The molecule has 28 heavy (non-hydrogen) atoms. The predicted molar refractivity (Wildman–Crippen MR) is 103 cm³/mol. The van der Waals surface area contributed by atoms with E-state index in [0.29, 0.717) is 18.7 Å². The maximum absolute atomic E-state index is 12.6.